The van der Waals surface area contributed by atoms with Gasteiger partial charge >= 0.3 is 0 Å². The lowest BCUT2D eigenvalue weighted by Crippen LogP contribution is -2.41. The van der Waals surface area contributed by atoms with Crippen molar-refractivity contribution in [1.82, 2.24) is 9.80 Å². The van der Waals surface area contributed by atoms with Crippen LogP contribution in [0.15, 0.2) is 24.3 Å². The van der Waals surface area contributed by atoms with Crippen LogP contribution in [0.25, 0.3) is 0 Å². The van der Waals surface area contributed by atoms with E-state index in [1.807, 2.05) is 9.80 Å². The van der Waals surface area contributed by atoms with Gasteiger partial charge in [-0.15, -0.1) is 0 Å². The molecule has 2 atom stereocenters. The smallest absolute Gasteiger partial charge is 0.253 e. The fourth-order valence-electron chi connectivity index (χ4n) is 3.99. The molecule has 136 valence electrons. The van der Waals surface area contributed by atoms with Gasteiger partial charge in [0.15, 0.2) is 0 Å². The Balaban J connectivity index is 1.61. The third-order valence-electron chi connectivity index (χ3n) is 5.46. The minimum Gasteiger partial charge on any atom is -0.341 e. The molecule has 2 amide bonds. The highest BCUT2D eigenvalue weighted by molar-refractivity contribution is 6.30. The maximum absolute atomic E-state index is 12.9. The maximum Gasteiger partial charge on any atom is 0.253 e. The Bertz CT molecular complexity index is 620. The molecule has 0 unspecified atom stereocenters. The Kier molecular flexibility index (Phi) is 5.97. The Labute approximate surface area is 154 Å². The number of carbonyl (C=O) groups is 2. The summed E-state index contributed by atoms with van der Waals surface area (Å²) in [5.74, 6) is 0.631. The fraction of sp³-hybridized carbons (Fsp3) is 0.579. The summed E-state index contributed by atoms with van der Waals surface area (Å²) < 4.78 is 0. The van der Waals surface area contributed by atoms with E-state index in [0.29, 0.717) is 42.7 Å². The average molecular weight is 364 g/mol. The molecular formula is C19H26ClN3O2. The van der Waals surface area contributed by atoms with Crippen molar-refractivity contribution >= 4 is 23.4 Å². The monoisotopic (exact) mass is 363 g/mol. The summed E-state index contributed by atoms with van der Waals surface area (Å²) in [6.45, 7) is 3.16. The van der Waals surface area contributed by atoms with Crippen LogP contribution >= 0.6 is 11.6 Å². The first-order valence-corrected chi connectivity index (χ1v) is 9.51. The fourth-order valence-corrected chi connectivity index (χ4v) is 4.12. The zero-order valence-corrected chi connectivity index (χ0v) is 15.3. The molecule has 0 aromatic heterocycles. The van der Waals surface area contributed by atoms with Gasteiger partial charge in [-0.2, -0.15) is 0 Å². The third kappa shape index (κ3) is 4.15. The normalized spacial score (nSPS) is 24.2. The molecule has 1 saturated heterocycles. The molecule has 6 heteroatoms. The molecule has 2 aliphatic rings. The highest BCUT2D eigenvalue weighted by Gasteiger charge is 2.35. The highest BCUT2D eigenvalue weighted by atomic mass is 35.5. The van der Waals surface area contributed by atoms with E-state index in [9.17, 15) is 9.59 Å². The van der Waals surface area contributed by atoms with E-state index in [0.717, 1.165) is 32.2 Å². The number of rotatable bonds is 3. The minimum atomic E-state index is 0.00617. The second-order valence-corrected chi connectivity index (χ2v) is 7.45. The van der Waals surface area contributed by atoms with Gasteiger partial charge in [-0.1, -0.05) is 18.0 Å². The largest absolute Gasteiger partial charge is 0.341 e. The van der Waals surface area contributed by atoms with Gasteiger partial charge in [0.05, 0.1) is 0 Å². The van der Waals surface area contributed by atoms with Crippen molar-refractivity contribution in [3.05, 3.63) is 34.9 Å². The lowest BCUT2D eigenvalue weighted by atomic mass is 9.94. The van der Waals surface area contributed by atoms with E-state index in [1.54, 1.807) is 24.3 Å². The molecule has 0 bridgehead atoms. The van der Waals surface area contributed by atoms with Crippen LogP contribution < -0.4 is 5.73 Å². The van der Waals surface area contributed by atoms with Crippen molar-refractivity contribution in [2.75, 3.05) is 32.7 Å². The number of halogens is 1. The number of hydrogen-bond acceptors (Lipinski definition) is 3. The second kappa shape index (κ2) is 8.19. The van der Waals surface area contributed by atoms with Crippen LogP contribution in [0.5, 0.6) is 0 Å². The van der Waals surface area contributed by atoms with E-state index >= 15 is 0 Å². The van der Waals surface area contributed by atoms with E-state index in [-0.39, 0.29) is 17.7 Å². The minimum absolute atomic E-state index is 0.00617. The van der Waals surface area contributed by atoms with Gasteiger partial charge in [0.2, 0.25) is 5.91 Å². The number of hydrogen-bond donors (Lipinski definition) is 1. The second-order valence-electron chi connectivity index (χ2n) is 7.01. The van der Waals surface area contributed by atoms with Crippen LogP contribution in [0.2, 0.25) is 5.02 Å². The molecule has 25 heavy (non-hydrogen) atoms. The van der Waals surface area contributed by atoms with Crippen LogP contribution in [0, 0.1) is 11.8 Å². The SMILES string of the molecule is NC[C@H]1CCC[C@H]1C(=O)N1CCCN(C(=O)c2ccc(Cl)cc2)CC1. The van der Waals surface area contributed by atoms with Gasteiger partial charge in [-0.3, -0.25) is 9.59 Å². The molecule has 1 aliphatic carbocycles. The third-order valence-corrected chi connectivity index (χ3v) is 5.72. The molecule has 1 aromatic carbocycles. The van der Waals surface area contributed by atoms with Gasteiger partial charge < -0.3 is 15.5 Å². The number of nitrogens with two attached hydrogens (primary N) is 1. The Morgan fingerprint density at radius 2 is 1.68 bits per heavy atom. The molecule has 1 aliphatic heterocycles. The predicted octanol–water partition coefficient (Wildman–Crippen LogP) is 2.39. The summed E-state index contributed by atoms with van der Waals surface area (Å²) in [6, 6.07) is 6.97. The molecule has 1 heterocycles. The molecule has 3 rings (SSSR count). The number of carbonyl (C=O) groups excluding carboxylic acids is 2. The van der Waals surface area contributed by atoms with Gasteiger partial charge in [-0.25, -0.2) is 0 Å². The van der Waals surface area contributed by atoms with Gasteiger partial charge in [0.1, 0.15) is 0 Å². The van der Waals surface area contributed by atoms with Crippen LogP contribution in [0.4, 0.5) is 0 Å². The first-order valence-electron chi connectivity index (χ1n) is 9.14. The summed E-state index contributed by atoms with van der Waals surface area (Å²) >= 11 is 5.89. The highest BCUT2D eigenvalue weighted by Crippen LogP contribution is 2.32. The zero-order chi connectivity index (χ0) is 17.8. The van der Waals surface area contributed by atoms with Crippen LogP contribution in [0.3, 0.4) is 0 Å². The van der Waals surface area contributed by atoms with Crippen molar-refractivity contribution in [3.63, 3.8) is 0 Å². The zero-order valence-electron chi connectivity index (χ0n) is 14.5. The van der Waals surface area contributed by atoms with E-state index in [4.69, 9.17) is 17.3 Å². The summed E-state index contributed by atoms with van der Waals surface area (Å²) in [4.78, 5) is 29.3. The lowest BCUT2D eigenvalue weighted by molar-refractivity contribution is -0.136. The van der Waals surface area contributed by atoms with Gasteiger partial charge in [-0.05, 0) is 56.0 Å². The summed E-state index contributed by atoms with van der Waals surface area (Å²) in [5.41, 5.74) is 6.47. The molecule has 1 saturated carbocycles. The molecule has 1 aromatic rings. The standard InChI is InChI=1S/C19H26ClN3O2/c20-16-7-5-14(6-8-16)18(24)22-9-2-10-23(12-11-22)19(25)17-4-1-3-15(17)13-21/h5-8,15,17H,1-4,9-13,21H2/t15-,17-/m1/s1. The number of nitrogens with zero attached hydrogens (tertiary/aromatic N) is 2. The van der Waals surface area contributed by atoms with Crippen molar-refractivity contribution in [1.29, 1.82) is 0 Å². The van der Waals surface area contributed by atoms with Crippen molar-refractivity contribution in [2.24, 2.45) is 17.6 Å². The van der Waals surface area contributed by atoms with Crippen molar-refractivity contribution < 1.29 is 9.59 Å². The average Bonchev–Trinajstić information content (AvgIpc) is 2.97. The predicted molar refractivity (Wildman–Crippen MR) is 98.4 cm³/mol. The Hall–Kier alpha value is -1.59. The quantitative estimate of drug-likeness (QED) is 0.896. The Morgan fingerprint density at radius 1 is 1.00 bits per heavy atom. The molecule has 0 radical (unpaired) electrons. The molecule has 5 nitrogen and oxygen atoms in total. The maximum atomic E-state index is 12.9. The van der Waals surface area contributed by atoms with Crippen molar-refractivity contribution in [3.8, 4) is 0 Å². The van der Waals surface area contributed by atoms with Crippen molar-refractivity contribution in [2.45, 2.75) is 25.7 Å². The lowest BCUT2D eigenvalue weighted by Gasteiger charge is -2.27. The molecule has 2 fully saturated rings. The summed E-state index contributed by atoms with van der Waals surface area (Å²) in [5, 5.41) is 0.621. The van der Waals surface area contributed by atoms with Crippen LogP contribution in [-0.4, -0.2) is 54.3 Å². The topological polar surface area (TPSA) is 66.6 Å². The van der Waals surface area contributed by atoms with Crippen LogP contribution in [-0.2, 0) is 4.79 Å². The van der Waals surface area contributed by atoms with E-state index < -0.39 is 0 Å². The number of amides is 2. The molecule has 2 N–H and O–H groups in total. The number of benzene rings is 1. The first kappa shape index (κ1) is 18.2. The summed E-state index contributed by atoms with van der Waals surface area (Å²) in [6.07, 6.45) is 3.91. The molecule has 0 spiro atoms. The van der Waals surface area contributed by atoms with Gasteiger partial charge in [0, 0.05) is 42.7 Å². The van der Waals surface area contributed by atoms with Crippen LogP contribution in [0.1, 0.15) is 36.0 Å². The first-order chi connectivity index (χ1) is 12.1. The Morgan fingerprint density at radius 3 is 2.40 bits per heavy atom. The molecular weight excluding hydrogens is 338 g/mol. The van der Waals surface area contributed by atoms with E-state index in [1.165, 1.54) is 0 Å². The van der Waals surface area contributed by atoms with Gasteiger partial charge in [0.25, 0.3) is 5.91 Å². The summed E-state index contributed by atoms with van der Waals surface area (Å²) in [7, 11) is 0. The van der Waals surface area contributed by atoms with E-state index in [2.05, 4.69) is 0 Å².